The number of benzene rings is 1. The molecule has 0 bridgehead atoms. The van der Waals surface area contributed by atoms with Crippen molar-refractivity contribution in [1.29, 1.82) is 0 Å². The minimum atomic E-state index is 0.162. The van der Waals surface area contributed by atoms with Crippen LogP contribution in [0.3, 0.4) is 0 Å². The molecule has 4 nitrogen and oxygen atoms in total. The van der Waals surface area contributed by atoms with E-state index in [9.17, 15) is 4.79 Å². The number of nitrogens with zero attached hydrogens (tertiary/aromatic N) is 1. The second-order valence-electron chi connectivity index (χ2n) is 4.48. The Morgan fingerprint density at radius 3 is 3.00 bits per heavy atom. The van der Waals surface area contributed by atoms with E-state index in [0.717, 1.165) is 37.3 Å². The highest BCUT2D eigenvalue weighted by molar-refractivity contribution is 5.74. The molecule has 0 spiro atoms. The first-order valence-electron chi connectivity index (χ1n) is 6.04. The molecule has 0 aliphatic carbocycles. The van der Waals surface area contributed by atoms with E-state index in [4.69, 9.17) is 5.73 Å². The Morgan fingerprint density at radius 1 is 1.53 bits per heavy atom. The number of amides is 1. The molecule has 0 aromatic heterocycles. The summed E-state index contributed by atoms with van der Waals surface area (Å²) < 4.78 is 0. The third-order valence-corrected chi connectivity index (χ3v) is 3.27. The maximum atomic E-state index is 11.4. The van der Waals surface area contributed by atoms with Crippen LogP contribution in [0.15, 0.2) is 24.3 Å². The lowest BCUT2D eigenvalue weighted by atomic mass is 10.2. The average Bonchev–Trinajstić information content (AvgIpc) is 2.76. The summed E-state index contributed by atoms with van der Waals surface area (Å²) in [5.41, 5.74) is 7.55. The van der Waals surface area contributed by atoms with Crippen LogP contribution >= 0.6 is 0 Å². The number of para-hydroxylation sites is 2. The highest BCUT2D eigenvalue weighted by Crippen LogP contribution is 2.20. The predicted molar refractivity (Wildman–Crippen MR) is 69.8 cm³/mol. The van der Waals surface area contributed by atoms with Crippen LogP contribution in [0.1, 0.15) is 19.8 Å². The van der Waals surface area contributed by atoms with E-state index in [2.05, 4.69) is 5.32 Å². The molecular formula is C13H19N3O. The number of hydrogen-bond donors (Lipinski definition) is 2. The largest absolute Gasteiger partial charge is 0.397 e. The van der Waals surface area contributed by atoms with Crippen molar-refractivity contribution in [3.05, 3.63) is 24.3 Å². The van der Waals surface area contributed by atoms with Crippen LogP contribution in [0.2, 0.25) is 0 Å². The van der Waals surface area contributed by atoms with E-state index >= 15 is 0 Å². The molecule has 17 heavy (non-hydrogen) atoms. The number of carbonyl (C=O) groups excluding carboxylic acids is 1. The molecule has 0 saturated carbocycles. The molecule has 3 N–H and O–H groups in total. The average molecular weight is 233 g/mol. The molecule has 1 amide bonds. The molecule has 1 unspecified atom stereocenters. The number of hydrogen-bond acceptors (Lipinski definition) is 3. The number of rotatable bonds is 3. The smallest absolute Gasteiger partial charge is 0.219 e. The standard InChI is InChI=1S/C13H19N3O/c1-10(17)16-8-4-5-11(16)9-15-13-7-3-2-6-12(13)14/h2-3,6-7,11,15H,4-5,8-9,14H2,1H3. The lowest BCUT2D eigenvalue weighted by Crippen LogP contribution is -2.38. The highest BCUT2D eigenvalue weighted by atomic mass is 16.2. The number of nitrogens with one attached hydrogen (secondary N) is 1. The molecule has 1 aromatic carbocycles. The van der Waals surface area contributed by atoms with E-state index in [1.165, 1.54) is 0 Å². The van der Waals surface area contributed by atoms with Crippen molar-refractivity contribution in [1.82, 2.24) is 4.90 Å². The molecule has 1 atom stereocenters. The summed E-state index contributed by atoms with van der Waals surface area (Å²) in [6.07, 6.45) is 2.16. The summed E-state index contributed by atoms with van der Waals surface area (Å²) >= 11 is 0. The predicted octanol–water partition coefficient (Wildman–Crippen LogP) is 1.69. The Labute approximate surface area is 102 Å². The van der Waals surface area contributed by atoms with Crippen LogP contribution in [0, 0.1) is 0 Å². The van der Waals surface area contributed by atoms with E-state index in [0.29, 0.717) is 6.04 Å². The quantitative estimate of drug-likeness (QED) is 0.781. The number of carbonyl (C=O) groups is 1. The fourth-order valence-electron chi connectivity index (χ4n) is 2.35. The van der Waals surface area contributed by atoms with Gasteiger partial charge in [0.15, 0.2) is 0 Å². The fourth-order valence-corrected chi connectivity index (χ4v) is 2.35. The summed E-state index contributed by atoms with van der Waals surface area (Å²) in [6, 6.07) is 8.00. The third kappa shape index (κ3) is 2.70. The lowest BCUT2D eigenvalue weighted by Gasteiger charge is -2.24. The topological polar surface area (TPSA) is 58.4 Å². The van der Waals surface area contributed by atoms with Crippen molar-refractivity contribution in [3.63, 3.8) is 0 Å². The molecular weight excluding hydrogens is 214 g/mol. The van der Waals surface area contributed by atoms with Gasteiger partial charge in [0.1, 0.15) is 0 Å². The molecule has 1 saturated heterocycles. The normalized spacial score (nSPS) is 19.4. The van der Waals surface area contributed by atoms with Crippen LogP contribution in [-0.2, 0) is 4.79 Å². The van der Waals surface area contributed by atoms with Crippen LogP contribution in [0.4, 0.5) is 11.4 Å². The lowest BCUT2D eigenvalue weighted by molar-refractivity contribution is -0.129. The maximum Gasteiger partial charge on any atom is 0.219 e. The van der Waals surface area contributed by atoms with E-state index in [1.807, 2.05) is 29.2 Å². The van der Waals surface area contributed by atoms with Crippen molar-refractivity contribution in [3.8, 4) is 0 Å². The summed E-state index contributed by atoms with van der Waals surface area (Å²) in [6.45, 7) is 3.29. The Morgan fingerprint density at radius 2 is 2.29 bits per heavy atom. The van der Waals surface area contributed by atoms with Crippen molar-refractivity contribution in [2.75, 3.05) is 24.1 Å². The van der Waals surface area contributed by atoms with Crippen LogP contribution in [-0.4, -0.2) is 29.9 Å². The van der Waals surface area contributed by atoms with Gasteiger partial charge in [0.05, 0.1) is 11.4 Å². The number of anilines is 2. The van der Waals surface area contributed by atoms with E-state index in [-0.39, 0.29) is 5.91 Å². The van der Waals surface area contributed by atoms with Crippen LogP contribution in [0.25, 0.3) is 0 Å². The molecule has 1 fully saturated rings. The van der Waals surface area contributed by atoms with Gasteiger partial charge in [-0.2, -0.15) is 0 Å². The molecule has 1 aromatic rings. The molecule has 4 heteroatoms. The second kappa shape index (κ2) is 5.08. The first-order chi connectivity index (χ1) is 8.18. The van der Waals surface area contributed by atoms with Crippen molar-refractivity contribution in [2.45, 2.75) is 25.8 Å². The van der Waals surface area contributed by atoms with Crippen molar-refractivity contribution in [2.24, 2.45) is 0 Å². The van der Waals surface area contributed by atoms with Gasteiger partial charge in [0, 0.05) is 26.1 Å². The SMILES string of the molecule is CC(=O)N1CCCC1CNc1ccccc1N. The molecule has 92 valence electrons. The number of likely N-dealkylation sites (tertiary alicyclic amines) is 1. The summed E-state index contributed by atoms with van der Waals surface area (Å²) in [5.74, 6) is 0.162. The molecule has 2 rings (SSSR count). The molecule has 1 aliphatic rings. The van der Waals surface area contributed by atoms with Gasteiger partial charge in [0.25, 0.3) is 0 Å². The zero-order valence-corrected chi connectivity index (χ0v) is 10.1. The highest BCUT2D eigenvalue weighted by Gasteiger charge is 2.25. The third-order valence-electron chi connectivity index (χ3n) is 3.27. The van der Waals surface area contributed by atoms with Gasteiger partial charge in [-0.3, -0.25) is 4.79 Å². The van der Waals surface area contributed by atoms with Gasteiger partial charge in [-0.25, -0.2) is 0 Å². The first kappa shape index (κ1) is 11.8. The molecule has 1 aliphatic heterocycles. The van der Waals surface area contributed by atoms with Gasteiger partial charge in [-0.05, 0) is 25.0 Å². The van der Waals surface area contributed by atoms with Crippen LogP contribution in [0.5, 0.6) is 0 Å². The summed E-state index contributed by atoms with van der Waals surface area (Å²) in [4.78, 5) is 13.3. The van der Waals surface area contributed by atoms with Crippen LogP contribution < -0.4 is 11.1 Å². The molecule has 0 radical (unpaired) electrons. The Hall–Kier alpha value is -1.71. The maximum absolute atomic E-state index is 11.4. The minimum absolute atomic E-state index is 0.162. The Bertz CT molecular complexity index is 405. The fraction of sp³-hybridized carbons (Fsp3) is 0.462. The summed E-state index contributed by atoms with van der Waals surface area (Å²) in [5, 5.41) is 3.32. The molecule has 1 heterocycles. The van der Waals surface area contributed by atoms with Gasteiger partial charge in [-0.15, -0.1) is 0 Å². The van der Waals surface area contributed by atoms with Crippen molar-refractivity contribution >= 4 is 17.3 Å². The van der Waals surface area contributed by atoms with Gasteiger partial charge < -0.3 is 16.0 Å². The van der Waals surface area contributed by atoms with Gasteiger partial charge in [-0.1, -0.05) is 12.1 Å². The minimum Gasteiger partial charge on any atom is -0.397 e. The monoisotopic (exact) mass is 233 g/mol. The number of nitrogen functional groups attached to an aromatic ring is 1. The van der Waals surface area contributed by atoms with Gasteiger partial charge in [0.2, 0.25) is 5.91 Å². The second-order valence-corrected chi connectivity index (χ2v) is 4.48. The van der Waals surface area contributed by atoms with Gasteiger partial charge >= 0.3 is 0 Å². The zero-order valence-electron chi connectivity index (χ0n) is 10.1. The number of nitrogens with two attached hydrogens (primary N) is 1. The zero-order chi connectivity index (χ0) is 12.3. The summed E-state index contributed by atoms with van der Waals surface area (Å²) in [7, 11) is 0. The van der Waals surface area contributed by atoms with Crippen molar-refractivity contribution < 1.29 is 4.79 Å². The Kier molecular flexibility index (Phi) is 3.52. The van der Waals surface area contributed by atoms with E-state index in [1.54, 1.807) is 6.92 Å². The van der Waals surface area contributed by atoms with E-state index < -0.39 is 0 Å². The Balaban J connectivity index is 1.94. The first-order valence-corrected chi connectivity index (χ1v) is 6.04.